The Morgan fingerprint density at radius 1 is 1.29 bits per heavy atom. The summed E-state index contributed by atoms with van der Waals surface area (Å²) in [5, 5.41) is 2.65. The van der Waals surface area contributed by atoms with E-state index in [-0.39, 0.29) is 24.0 Å². The molecule has 2 atom stereocenters. The van der Waals surface area contributed by atoms with E-state index in [9.17, 15) is 9.59 Å². The van der Waals surface area contributed by atoms with Crippen LogP contribution in [-0.2, 0) is 20.7 Å². The molecule has 1 aromatic rings. The Morgan fingerprint density at radius 3 is 3.00 bits per heavy atom. The first kappa shape index (κ1) is 16.0. The summed E-state index contributed by atoms with van der Waals surface area (Å²) in [6.07, 6.45) is 6.50. The summed E-state index contributed by atoms with van der Waals surface area (Å²) in [6.45, 7) is 2.06. The van der Waals surface area contributed by atoms with Gasteiger partial charge in [-0.25, -0.2) is 4.98 Å². The quantitative estimate of drug-likeness (QED) is 0.837. The van der Waals surface area contributed by atoms with Crippen LogP contribution in [0.4, 0.5) is 5.13 Å². The number of thiazole rings is 1. The minimum Gasteiger partial charge on any atom is -0.374 e. The van der Waals surface area contributed by atoms with Crippen molar-refractivity contribution in [1.29, 1.82) is 0 Å². The van der Waals surface area contributed by atoms with E-state index in [1.807, 2.05) is 10.3 Å². The first-order valence-electron chi connectivity index (χ1n) is 8.88. The Balaban J connectivity index is 1.42. The van der Waals surface area contributed by atoms with Gasteiger partial charge in [-0.15, -0.1) is 11.3 Å². The van der Waals surface area contributed by atoms with Crippen molar-refractivity contribution in [3.63, 3.8) is 0 Å². The number of nitrogens with zero attached hydrogens (tertiary/aromatic N) is 3. The molecule has 2 aliphatic heterocycles. The van der Waals surface area contributed by atoms with Gasteiger partial charge in [0.15, 0.2) is 5.13 Å². The zero-order valence-corrected chi connectivity index (χ0v) is 14.6. The van der Waals surface area contributed by atoms with Crippen molar-refractivity contribution in [3.8, 4) is 0 Å². The van der Waals surface area contributed by atoms with Gasteiger partial charge in [-0.1, -0.05) is 12.8 Å². The molecule has 1 saturated carbocycles. The highest BCUT2D eigenvalue weighted by Gasteiger charge is 2.36. The minimum absolute atomic E-state index is 0.139. The first-order valence-corrected chi connectivity index (χ1v) is 9.76. The summed E-state index contributed by atoms with van der Waals surface area (Å²) in [5.41, 5.74) is 0.776. The van der Waals surface area contributed by atoms with Crippen LogP contribution in [0.2, 0.25) is 0 Å². The van der Waals surface area contributed by atoms with Crippen LogP contribution in [0.25, 0.3) is 0 Å². The third-order valence-corrected chi connectivity index (χ3v) is 6.14. The number of morpholine rings is 1. The van der Waals surface area contributed by atoms with Gasteiger partial charge in [0.05, 0.1) is 30.9 Å². The van der Waals surface area contributed by atoms with Gasteiger partial charge in [-0.2, -0.15) is 0 Å². The number of hydrogen-bond donors (Lipinski definition) is 0. The molecule has 3 aliphatic rings. The van der Waals surface area contributed by atoms with E-state index in [0.29, 0.717) is 26.0 Å². The third kappa shape index (κ3) is 3.07. The molecule has 1 aromatic heterocycles. The van der Waals surface area contributed by atoms with Crippen molar-refractivity contribution in [2.24, 2.45) is 0 Å². The summed E-state index contributed by atoms with van der Waals surface area (Å²) in [5.74, 6) is 0.278. The van der Waals surface area contributed by atoms with E-state index in [2.05, 4.69) is 4.98 Å². The van der Waals surface area contributed by atoms with E-state index < -0.39 is 0 Å². The molecule has 4 rings (SSSR count). The number of amides is 2. The van der Waals surface area contributed by atoms with Crippen molar-refractivity contribution < 1.29 is 14.3 Å². The molecule has 6 nitrogen and oxygen atoms in total. The van der Waals surface area contributed by atoms with Crippen LogP contribution < -0.4 is 4.90 Å². The average Bonchev–Trinajstić information content (AvgIpc) is 3.23. The summed E-state index contributed by atoms with van der Waals surface area (Å²) >= 11 is 1.46. The van der Waals surface area contributed by atoms with Gasteiger partial charge in [-0.05, 0) is 19.3 Å². The van der Waals surface area contributed by atoms with Crippen LogP contribution in [0.3, 0.4) is 0 Å². The zero-order chi connectivity index (χ0) is 16.5. The molecule has 2 saturated heterocycles. The molecule has 7 heteroatoms. The van der Waals surface area contributed by atoms with E-state index in [4.69, 9.17) is 4.74 Å². The number of rotatable bonds is 3. The molecular weight excluding hydrogens is 326 g/mol. The van der Waals surface area contributed by atoms with Crippen LogP contribution in [-0.4, -0.2) is 53.5 Å². The van der Waals surface area contributed by atoms with Gasteiger partial charge in [0.2, 0.25) is 11.8 Å². The smallest absolute Gasteiger partial charge is 0.229 e. The number of carbonyl (C=O) groups is 2. The molecule has 24 heavy (non-hydrogen) atoms. The monoisotopic (exact) mass is 349 g/mol. The molecule has 130 valence electrons. The normalized spacial score (nSPS) is 27.4. The van der Waals surface area contributed by atoms with Gasteiger partial charge in [-0.3, -0.25) is 14.5 Å². The predicted molar refractivity (Wildman–Crippen MR) is 91.1 cm³/mol. The topological polar surface area (TPSA) is 62.7 Å². The molecule has 0 spiro atoms. The van der Waals surface area contributed by atoms with E-state index >= 15 is 0 Å². The predicted octanol–water partition coefficient (Wildman–Crippen LogP) is 1.98. The summed E-state index contributed by atoms with van der Waals surface area (Å²) in [4.78, 5) is 32.9. The van der Waals surface area contributed by atoms with E-state index in [0.717, 1.165) is 36.6 Å². The molecule has 3 heterocycles. The molecule has 0 N–H and O–H groups in total. The Hall–Kier alpha value is -1.47. The van der Waals surface area contributed by atoms with Gasteiger partial charge in [0.1, 0.15) is 0 Å². The van der Waals surface area contributed by atoms with Crippen LogP contribution in [0.1, 0.15) is 44.2 Å². The lowest BCUT2D eigenvalue weighted by Crippen LogP contribution is -2.55. The van der Waals surface area contributed by atoms with Crippen LogP contribution in [0.5, 0.6) is 0 Å². The molecule has 0 aromatic carbocycles. The first-order chi connectivity index (χ1) is 11.7. The summed E-state index contributed by atoms with van der Waals surface area (Å²) in [7, 11) is 0. The number of anilines is 1. The van der Waals surface area contributed by atoms with Crippen LogP contribution in [0.15, 0.2) is 5.38 Å². The largest absolute Gasteiger partial charge is 0.374 e. The van der Waals surface area contributed by atoms with Crippen molar-refractivity contribution in [1.82, 2.24) is 9.88 Å². The molecular formula is C17H23N3O3S. The number of aromatic nitrogens is 1. The highest BCUT2D eigenvalue weighted by molar-refractivity contribution is 7.14. The zero-order valence-electron chi connectivity index (χ0n) is 13.8. The fourth-order valence-corrected chi connectivity index (χ4v) is 4.88. The average molecular weight is 349 g/mol. The standard InChI is InChI=1S/C17H23N3O3S/c21-15-6-3-7-20(15)17-18-12(11-24-17)10-16(22)19-8-9-23-14-5-2-1-4-13(14)19/h11,13-14H,1-10H2/t13-,14-/m0/s1. The number of fused-ring (bicyclic) bond motifs is 1. The summed E-state index contributed by atoms with van der Waals surface area (Å²) < 4.78 is 5.84. The maximum absolute atomic E-state index is 12.8. The van der Waals surface area contributed by atoms with Gasteiger partial charge >= 0.3 is 0 Å². The van der Waals surface area contributed by atoms with Crippen molar-refractivity contribution in [3.05, 3.63) is 11.1 Å². The second-order valence-electron chi connectivity index (χ2n) is 6.80. The lowest BCUT2D eigenvalue weighted by Gasteiger charge is -2.43. The van der Waals surface area contributed by atoms with Gasteiger partial charge in [0, 0.05) is 24.9 Å². The Kier molecular flexibility index (Phi) is 4.54. The molecule has 0 bridgehead atoms. The van der Waals surface area contributed by atoms with Crippen LogP contribution >= 0.6 is 11.3 Å². The number of carbonyl (C=O) groups excluding carboxylic acids is 2. The third-order valence-electron chi connectivity index (χ3n) is 5.23. The molecule has 0 radical (unpaired) electrons. The lowest BCUT2D eigenvalue weighted by molar-refractivity contribution is -0.148. The maximum Gasteiger partial charge on any atom is 0.229 e. The maximum atomic E-state index is 12.8. The molecule has 2 amide bonds. The van der Waals surface area contributed by atoms with Crippen molar-refractivity contribution in [2.75, 3.05) is 24.6 Å². The Morgan fingerprint density at radius 2 is 2.17 bits per heavy atom. The van der Waals surface area contributed by atoms with Crippen molar-refractivity contribution in [2.45, 2.75) is 57.1 Å². The second-order valence-corrected chi connectivity index (χ2v) is 7.63. The lowest BCUT2D eigenvalue weighted by atomic mass is 9.90. The summed E-state index contributed by atoms with van der Waals surface area (Å²) in [6, 6.07) is 0.235. The highest BCUT2D eigenvalue weighted by atomic mass is 32.1. The molecule has 3 fully saturated rings. The SMILES string of the molecule is O=C1CCCN1c1nc(CC(=O)N2CCO[C@H]3CCCC[C@@H]32)cs1. The molecule has 0 unspecified atom stereocenters. The number of ether oxygens (including phenoxy) is 1. The minimum atomic E-state index is 0.139. The van der Waals surface area contributed by atoms with Gasteiger partial charge in [0.25, 0.3) is 0 Å². The van der Waals surface area contributed by atoms with E-state index in [1.165, 1.54) is 24.2 Å². The van der Waals surface area contributed by atoms with E-state index in [1.54, 1.807) is 4.90 Å². The highest BCUT2D eigenvalue weighted by Crippen LogP contribution is 2.30. The fraction of sp³-hybridized carbons (Fsp3) is 0.706. The molecule has 1 aliphatic carbocycles. The van der Waals surface area contributed by atoms with Crippen LogP contribution in [0, 0.1) is 0 Å². The Bertz CT molecular complexity index is 630. The Labute approximate surface area is 145 Å². The van der Waals surface area contributed by atoms with Gasteiger partial charge < -0.3 is 9.64 Å². The fourth-order valence-electron chi connectivity index (χ4n) is 4.01. The number of hydrogen-bond acceptors (Lipinski definition) is 5. The second kappa shape index (κ2) is 6.80. The van der Waals surface area contributed by atoms with Crippen molar-refractivity contribution >= 4 is 28.3 Å².